The molecule has 0 aliphatic carbocycles. The highest BCUT2D eigenvalue weighted by molar-refractivity contribution is 5.92. The molecule has 1 saturated heterocycles. The molecule has 0 saturated carbocycles. The van der Waals surface area contributed by atoms with Crippen molar-refractivity contribution >= 4 is 28.4 Å². The van der Waals surface area contributed by atoms with Crippen LogP contribution in [0.3, 0.4) is 0 Å². The van der Waals surface area contributed by atoms with Crippen molar-refractivity contribution in [2.75, 3.05) is 29.9 Å². The molecule has 1 fully saturated rings. The summed E-state index contributed by atoms with van der Waals surface area (Å²) in [5, 5.41) is 3.58. The highest BCUT2D eigenvalue weighted by Crippen LogP contribution is 2.31. The quantitative estimate of drug-likeness (QED) is 0.302. The fraction of sp³-hybridized carbons (Fsp3) is 0.214. The first kappa shape index (κ1) is 21.4. The molecule has 0 spiro atoms. The molecule has 3 N–H and O–H groups in total. The lowest BCUT2D eigenvalue weighted by Crippen LogP contribution is -2.41. The van der Waals surface area contributed by atoms with Crippen LogP contribution >= 0.6 is 0 Å². The van der Waals surface area contributed by atoms with E-state index in [1.165, 1.54) is 0 Å². The van der Waals surface area contributed by atoms with E-state index >= 15 is 0 Å². The first-order valence-electron chi connectivity index (χ1n) is 12.0. The van der Waals surface area contributed by atoms with Gasteiger partial charge >= 0.3 is 0 Å². The number of morpholine rings is 1. The summed E-state index contributed by atoms with van der Waals surface area (Å²) >= 11 is 0. The van der Waals surface area contributed by atoms with Gasteiger partial charge in [0, 0.05) is 24.3 Å². The maximum atomic E-state index is 5.69. The summed E-state index contributed by atoms with van der Waals surface area (Å²) < 4.78 is 5.69. The number of imidazole rings is 2. The lowest BCUT2D eigenvalue weighted by molar-refractivity contribution is 0.0527. The van der Waals surface area contributed by atoms with Crippen LogP contribution in [0.25, 0.3) is 33.7 Å². The van der Waals surface area contributed by atoms with Crippen LogP contribution in [0.4, 0.5) is 17.3 Å². The van der Waals surface area contributed by atoms with Gasteiger partial charge in [-0.05, 0) is 49.2 Å². The third-order valence-electron chi connectivity index (χ3n) is 6.47. The van der Waals surface area contributed by atoms with Crippen molar-refractivity contribution < 1.29 is 4.74 Å². The molecule has 7 heteroatoms. The summed E-state index contributed by atoms with van der Waals surface area (Å²) in [5.41, 5.74) is 8.23. The minimum Gasteiger partial charge on any atom is -0.375 e. The Balaban J connectivity index is 1.30. The van der Waals surface area contributed by atoms with Gasteiger partial charge in [0.05, 0.1) is 35.8 Å². The number of fused-ring (bicyclic) bond motifs is 1. The zero-order valence-electron chi connectivity index (χ0n) is 19.9. The molecule has 5 aromatic rings. The normalized spacial score (nSPS) is 16.1. The average Bonchev–Trinajstić information content (AvgIpc) is 3.54. The molecule has 7 nitrogen and oxygen atoms in total. The van der Waals surface area contributed by atoms with Crippen molar-refractivity contribution in [3.63, 3.8) is 0 Å². The summed E-state index contributed by atoms with van der Waals surface area (Å²) in [4.78, 5) is 18.8. The molecule has 176 valence electrons. The van der Waals surface area contributed by atoms with E-state index in [9.17, 15) is 0 Å². The SMILES string of the molecule is Cc1ccc(Nc2cccc3[nH]c(N4CCO[C@@H](C)C4)nc23)cc1-c1ncc(-c2ccccc2)[nH]1. The van der Waals surface area contributed by atoms with E-state index in [-0.39, 0.29) is 6.10 Å². The van der Waals surface area contributed by atoms with Gasteiger partial charge in [0.15, 0.2) is 0 Å². The minimum atomic E-state index is 0.199. The topological polar surface area (TPSA) is 81.9 Å². The number of aromatic nitrogens is 4. The van der Waals surface area contributed by atoms with Crippen molar-refractivity contribution in [1.82, 2.24) is 19.9 Å². The maximum Gasteiger partial charge on any atom is 0.204 e. The van der Waals surface area contributed by atoms with Gasteiger partial charge in [-0.25, -0.2) is 9.97 Å². The van der Waals surface area contributed by atoms with E-state index in [1.54, 1.807) is 0 Å². The number of nitrogens with one attached hydrogen (secondary N) is 3. The van der Waals surface area contributed by atoms with Crippen LogP contribution in [0.1, 0.15) is 12.5 Å². The van der Waals surface area contributed by atoms with Crippen molar-refractivity contribution in [2.45, 2.75) is 20.0 Å². The standard InChI is InChI=1S/C28H28N6O/c1-18-11-12-21(15-22(18)27-29-16-25(31-27)20-7-4-3-5-8-20)30-23-9-6-10-24-26(23)33-28(32-24)34-13-14-35-19(2)17-34/h3-12,15-16,19,30H,13-14,17H2,1-2H3,(H,29,31)(H,32,33)/t19-/m0/s1. The van der Waals surface area contributed by atoms with Crippen molar-refractivity contribution in [1.29, 1.82) is 0 Å². The number of hydrogen-bond acceptors (Lipinski definition) is 5. The van der Waals surface area contributed by atoms with E-state index in [0.717, 1.165) is 69.7 Å². The number of ether oxygens (including phenoxy) is 1. The van der Waals surface area contributed by atoms with Gasteiger partial charge < -0.3 is 24.9 Å². The summed E-state index contributed by atoms with van der Waals surface area (Å²) in [6, 6.07) is 22.8. The number of aryl methyl sites for hydroxylation is 1. The number of benzene rings is 3. The molecule has 1 aliphatic heterocycles. The first-order chi connectivity index (χ1) is 17.1. The van der Waals surface area contributed by atoms with Crippen LogP contribution < -0.4 is 10.2 Å². The van der Waals surface area contributed by atoms with E-state index < -0.39 is 0 Å². The number of para-hydroxylation sites is 1. The molecular weight excluding hydrogens is 436 g/mol. The highest BCUT2D eigenvalue weighted by atomic mass is 16.5. The van der Waals surface area contributed by atoms with E-state index in [0.29, 0.717) is 6.61 Å². The van der Waals surface area contributed by atoms with Crippen LogP contribution in [0.5, 0.6) is 0 Å². The van der Waals surface area contributed by atoms with Gasteiger partial charge in [-0.15, -0.1) is 0 Å². The fourth-order valence-corrected chi connectivity index (χ4v) is 4.61. The molecule has 3 heterocycles. The molecule has 1 aliphatic rings. The minimum absolute atomic E-state index is 0.199. The number of nitrogens with zero attached hydrogens (tertiary/aromatic N) is 3. The largest absolute Gasteiger partial charge is 0.375 e. The Hall–Kier alpha value is -4.10. The number of anilines is 3. The molecule has 0 unspecified atom stereocenters. The maximum absolute atomic E-state index is 5.69. The fourth-order valence-electron chi connectivity index (χ4n) is 4.61. The van der Waals surface area contributed by atoms with Gasteiger partial charge in [0.25, 0.3) is 0 Å². The van der Waals surface area contributed by atoms with Crippen molar-refractivity contribution in [3.05, 3.63) is 78.5 Å². The highest BCUT2D eigenvalue weighted by Gasteiger charge is 2.20. The van der Waals surface area contributed by atoms with Gasteiger partial charge in [-0.1, -0.05) is 42.5 Å². The first-order valence-corrected chi connectivity index (χ1v) is 12.0. The summed E-state index contributed by atoms with van der Waals surface area (Å²) in [6.07, 6.45) is 2.09. The van der Waals surface area contributed by atoms with Crippen LogP contribution in [-0.4, -0.2) is 45.7 Å². The predicted molar refractivity (Wildman–Crippen MR) is 141 cm³/mol. The monoisotopic (exact) mass is 464 g/mol. The molecular formula is C28H28N6O. The van der Waals surface area contributed by atoms with Gasteiger partial charge in [0.1, 0.15) is 11.3 Å². The Morgan fingerprint density at radius 3 is 2.77 bits per heavy atom. The molecule has 0 amide bonds. The Morgan fingerprint density at radius 1 is 1.03 bits per heavy atom. The van der Waals surface area contributed by atoms with Gasteiger partial charge in [0.2, 0.25) is 5.95 Å². The smallest absolute Gasteiger partial charge is 0.204 e. The number of aromatic amines is 2. The van der Waals surface area contributed by atoms with Crippen LogP contribution in [0, 0.1) is 6.92 Å². The second-order valence-electron chi connectivity index (χ2n) is 9.06. The van der Waals surface area contributed by atoms with E-state index in [2.05, 4.69) is 81.5 Å². The third kappa shape index (κ3) is 4.26. The summed E-state index contributed by atoms with van der Waals surface area (Å²) in [7, 11) is 0. The average molecular weight is 465 g/mol. The molecule has 0 bridgehead atoms. The van der Waals surface area contributed by atoms with E-state index in [1.807, 2.05) is 30.5 Å². The molecule has 3 aromatic carbocycles. The zero-order chi connectivity index (χ0) is 23.8. The van der Waals surface area contributed by atoms with Gasteiger partial charge in [-0.2, -0.15) is 0 Å². The predicted octanol–water partition coefficient (Wildman–Crippen LogP) is 5.90. The molecule has 1 atom stereocenters. The van der Waals surface area contributed by atoms with Crippen molar-refractivity contribution in [3.8, 4) is 22.6 Å². The molecule has 35 heavy (non-hydrogen) atoms. The summed E-state index contributed by atoms with van der Waals surface area (Å²) in [6.45, 7) is 6.58. The Kier molecular flexibility index (Phi) is 5.47. The Bertz CT molecular complexity index is 1470. The number of rotatable bonds is 5. The Labute approximate surface area is 204 Å². The second-order valence-corrected chi connectivity index (χ2v) is 9.06. The molecule has 0 radical (unpaired) electrons. The van der Waals surface area contributed by atoms with Crippen LogP contribution in [0.2, 0.25) is 0 Å². The number of H-pyrrole nitrogens is 2. The second kappa shape index (κ2) is 8.92. The summed E-state index contributed by atoms with van der Waals surface area (Å²) in [5.74, 6) is 1.74. The third-order valence-corrected chi connectivity index (χ3v) is 6.47. The molecule has 6 rings (SSSR count). The lowest BCUT2D eigenvalue weighted by atomic mass is 10.1. The number of hydrogen-bond donors (Lipinski definition) is 3. The molecule has 2 aromatic heterocycles. The van der Waals surface area contributed by atoms with Crippen molar-refractivity contribution in [2.24, 2.45) is 0 Å². The Morgan fingerprint density at radius 2 is 1.91 bits per heavy atom. The van der Waals surface area contributed by atoms with Crippen LogP contribution in [0.15, 0.2) is 72.9 Å². The van der Waals surface area contributed by atoms with E-state index in [4.69, 9.17) is 9.72 Å². The van der Waals surface area contributed by atoms with Crippen LogP contribution in [-0.2, 0) is 4.74 Å². The zero-order valence-corrected chi connectivity index (χ0v) is 19.9. The van der Waals surface area contributed by atoms with Gasteiger partial charge in [-0.3, -0.25) is 0 Å². The lowest BCUT2D eigenvalue weighted by Gasteiger charge is -2.30.